The van der Waals surface area contributed by atoms with E-state index in [0.717, 1.165) is 11.1 Å². The number of hydrogen-bond donors (Lipinski definition) is 1. The number of esters is 1. The molecule has 1 N–H and O–H groups in total. The van der Waals surface area contributed by atoms with Crippen LogP contribution in [0.1, 0.15) is 34.8 Å². The van der Waals surface area contributed by atoms with E-state index in [1.807, 2.05) is 31.2 Å². The van der Waals surface area contributed by atoms with E-state index in [1.165, 1.54) is 0 Å². The molecule has 0 spiro atoms. The fourth-order valence-corrected chi connectivity index (χ4v) is 2.42. The van der Waals surface area contributed by atoms with Gasteiger partial charge in [0.2, 0.25) is 11.9 Å². The molecule has 3 aromatic rings. The van der Waals surface area contributed by atoms with Crippen molar-refractivity contribution >= 4 is 11.9 Å². The summed E-state index contributed by atoms with van der Waals surface area (Å²) in [6.07, 6.45) is 0. The first-order chi connectivity index (χ1) is 13.1. The van der Waals surface area contributed by atoms with Crippen molar-refractivity contribution in [2.45, 2.75) is 19.9 Å². The van der Waals surface area contributed by atoms with Gasteiger partial charge >= 0.3 is 5.97 Å². The topological polar surface area (TPSA) is 94.3 Å². The SMILES string of the molecule is CCOC(=O)C(NC(=O)c1ccccc1)c1nnc(-c2ccc(C)cc2)o1. The molecule has 0 saturated carbocycles. The summed E-state index contributed by atoms with van der Waals surface area (Å²) in [7, 11) is 0. The van der Waals surface area contributed by atoms with Gasteiger partial charge in [0.1, 0.15) is 0 Å². The van der Waals surface area contributed by atoms with Gasteiger partial charge in [-0.05, 0) is 38.1 Å². The van der Waals surface area contributed by atoms with Crippen LogP contribution in [0.25, 0.3) is 11.5 Å². The summed E-state index contributed by atoms with van der Waals surface area (Å²) in [6, 6.07) is 14.9. The maximum atomic E-state index is 12.4. The van der Waals surface area contributed by atoms with Crippen molar-refractivity contribution in [3.63, 3.8) is 0 Å². The Bertz CT molecular complexity index is 920. The van der Waals surface area contributed by atoms with E-state index in [9.17, 15) is 9.59 Å². The number of nitrogens with one attached hydrogen (secondary N) is 1. The predicted octanol–water partition coefficient (Wildman–Crippen LogP) is 3.08. The van der Waals surface area contributed by atoms with Crippen LogP contribution < -0.4 is 5.32 Å². The van der Waals surface area contributed by atoms with Gasteiger partial charge < -0.3 is 14.5 Å². The molecular formula is C20H19N3O4. The van der Waals surface area contributed by atoms with Crippen LogP contribution in [0.4, 0.5) is 0 Å². The summed E-state index contributed by atoms with van der Waals surface area (Å²) in [5.41, 5.74) is 2.22. The van der Waals surface area contributed by atoms with Crippen LogP contribution in [-0.4, -0.2) is 28.7 Å². The Morgan fingerprint density at radius 2 is 1.78 bits per heavy atom. The van der Waals surface area contributed by atoms with Crippen LogP contribution in [0.15, 0.2) is 59.0 Å². The van der Waals surface area contributed by atoms with Crippen LogP contribution in [-0.2, 0) is 9.53 Å². The Balaban J connectivity index is 1.86. The highest BCUT2D eigenvalue weighted by atomic mass is 16.5. The molecule has 7 nitrogen and oxygen atoms in total. The lowest BCUT2D eigenvalue weighted by atomic mass is 10.1. The third kappa shape index (κ3) is 4.38. The maximum Gasteiger partial charge on any atom is 0.338 e. The van der Waals surface area contributed by atoms with Crippen molar-refractivity contribution in [1.29, 1.82) is 0 Å². The van der Waals surface area contributed by atoms with E-state index in [-0.39, 0.29) is 18.4 Å². The molecule has 0 fully saturated rings. The van der Waals surface area contributed by atoms with Gasteiger partial charge in [0.05, 0.1) is 6.61 Å². The summed E-state index contributed by atoms with van der Waals surface area (Å²) < 4.78 is 10.7. The lowest BCUT2D eigenvalue weighted by Crippen LogP contribution is -2.35. The number of carbonyl (C=O) groups excluding carboxylic acids is 2. The number of amides is 1. The minimum absolute atomic E-state index is 0.0340. The van der Waals surface area contributed by atoms with Gasteiger partial charge in [-0.3, -0.25) is 4.79 Å². The molecule has 0 aliphatic rings. The van der Waals surface area contributed by atoms with E-state index < -0.39 is 17.9 Å². The van der Waals surface area contributed by atoms with Gasteiger partial charge in [0.15, 0.2) is 0 Å². The third-order valence-corrected chi connectivity index (χ3v) is 3.82. The molecule has 0 aliphatic heterocycles. The summed E-state index contributed by atoms with van der Waals surface area (Å²) in [6.45, 7) is 3.81. The molecule has 2 aromatic carbocycles. The number of carbonyl (C=O) groups is 2. The quantitative estimate of drug-likeness (QED) is 0.675. The molecule has 0 saturated heterocycles. The first-order valence-corrected chi connectivity index (χ1v) is 8.51. The highest BCUT2D eigenvalue weighted by Gasteiger charge is 2.30. The summed E-state index contributed by atoms with van der Waals surface area (Å²) in [4.78, 5) is 24.8. The Kier molecular flexibility index (Phi) is 5.61. The number of rotatable bonds is 6. The van der Waals surface area contributed by atoms with Gasteiger partial charge in [-0.2, -0.15) is 0 Å². The van der Waals surface area contributed by atoms with Gasteiger partial charge in [-0.25, -0.2) is 4.79 Å². The summed E-state index contributed by atoms with van der Waals surface area (Å²) >= 11 is 0. The molecule has 3 rings (SSSR count). The van der Waals surface area contributed by atoms with Crippen LogP contribution >= 0.6 is 0 Å². The predicted molar refractivity (Wildman–Crippen MR) is 97.8 cm³/mol. The van der Waals surface area contributed by atoms with Gasteiger partial charge in [-0.1, -0.05) is 35.9 Å². The third-order valence-electron chi connectivity index (χ3n) is 3.82. The molecule has 1 unspecified atom stereocenters. The summed E-state index contributed by atoms with van der Waals surface area (Å²) in [5.74, 6) is -0.883. The Morgan fingerprint density at radius 3 is 2.44 bits per heavy atom. The molecule has 0 radical (unpaired) electrons. The molecule has 138 valence electrons. The fraction of sp³-hybridized carbons (Fsp3) is 0.200. The van der Waals surface area contributed by atoms with Crippen molar-refractivity contribution in [2.24, 2.45) is 0 Å². The average Bonchev–Trinajstić information content (AvgIpc) is 3.17. The second kappa shape index (κ2) is 8.27. The number of aryl methyl sites for hydroxylation is 1. The van der Waals surface area contributed by atoms with Crippen LogP contribution in [0, 0.1) is 6.92 Å². The first kappa shape index (κ1) is 18.3. The highest BCUT2D eigenvalue weighted by Crippen LogP contribution is 2.22. The van der Waals surface area contributed by atoms with Crippen molar-refractivity contribution in [3.05, 3.63) is 71.6 Å². The molecule has 1 atom stereocenters. The molecule has 1 heterocycles. The van der Waals surface area contributed by atoms with Crippen molar-refractivity contribution in [2.75, 3.05) is 6.61 Å². The van der Waals surface area contributed by atoms with Crippen LogP contribution in [0.5, 0.6) is 0 Å². The van der Waals surface area contributed by atoms with Gasteiger partial charge in [0, 0.05) is 11.1 Å². The van der Waals surface area contributed by atoms with E-state index in [2.05, 4.69) is 15.5 Å². The fourth-order valence-electron chi connectivity index (χ4n) is 2.42. The van der Waals surface area contributed by atoms with Crippen molar-refractivity contribution in [3.8, 4) is 11.5 Å². The average molecular weight is 365 g/mol. The number of ether oxygens (including phenoxy) is 1. The maximum absolute atomic E-state index is 12.4. The number of hydrogen-bond acceptors (Lipinski definition) is 6. The van der Waals surface area contributed by atoms with E-state index in [4.69, 9.17) is 9.15 Å². The lowest BCUT2D eigenvalue weighted by Gasteiger charge is -2.13. The first-order valence-electron chi connectivity index (χ1n) is 8.51. The smallest absolute Gasteiger partial charge is 0.338 e. The van der Waals surface area contributed by atoms with Crippen molar-refractivity contribution < 1.29 is 18.7 Å². The van der Waals surface area contributed by atoms with Crippen LogP contribution in [0.3, 0.4) is 0 Å². The van der Waals surface area contributed by atoms with Gasteiger partial charge in [0.25, 0.3) is 11.8 Å². The largest absolute Gasteiger partial charge is 0.464 e. The number of nitrogens with zero attached hydrogens (tertiary/aromatic N) is 2. The normalized spacial score (nSPS) is 11.6. The zero-order valence-corrected chi connectivity index (χ0v) is 15.0. The minimum atomic E-state index is -1.19. The molecule has 27 heavy (non-hydrogen) atoms. The standard InChI is InChI=1S/C20H19N3O4/c1-3-26-20(25)16(21-17(24)14-7-5-4-6-8-14)19-23-22-18(27-19)15-11-9-13(2)10-12-15/h4-12,16H,3H2,1-2H3,(H,21,24). The Hall–Kier alpha value is -3.48. The zero-order chi connectivity index (χ0) is 19.2. The number of benzene rings is 2. The summed E-state index contributed by atoms with van der Waals surface area (Å²) in [5, 5.41) is 10.5. The Morgan fingerprint density at radius 1 is 1.07 bits per heavy atom. The second-order valence-electron chi connectivity index (χ2n) is 5.84. The van der Waals surface area contributed by atoms with E-state index >= 15 is 0 Å². The monoisotopic (exact) mass is 365 g/mol. The molecule has 1 amide bonds. The second-order valence-corrected chi connectivity index (χ2v) is 5.84. The molecule has 0 aliphatic carbocycles. The molecule has 0 bridgehead atoms. The number of aromatic nitrogens is 2. The molecular weight excluding hydrogens is 346 g/mol. The van der Waals surface area contributed by atoms with E-state index in [0.29, 0.717) is 5.56 Å². The lowest BCUT2D eigenvalue weighted by molar-refractivity contribution is -0.146. The van der Waals surface area contributed by atoms with Crippen molar-refractivity contribution in [1.82, 2.24) is 15.5 Å². The zero-order valence-electron chi connectivity index (χ0n) is 15.0. The minimum Gasteiger partial charge on any atom is -0.464 e. The highest BCUT2D eigenvalue weighted by molar-refractivity contribution is 5.96. The molecule has 1 aromatic heterocycles. The van der Waals surface area contributed by atoms with Crippen LogP contribution in [0.2, 0.25) is 0 Å². The van der Waals surface area contributed by atoms with E-state index in [1.54, 1.807) is 37.3 Å². The molecule has 7 heteroatoms. The van der Waals surface area contributed by atoms with Gasteiger partial charge in [-0.15, -0.1) is 10.2 Å². The Labute approximate surface area is 156 Å².